The number of nitrogens with zero attached hydrogens (tertiary/aromatic N) is 3. The fourth-order valence-electron chi connectivity index (χ4n) is 4.58. The van der Waals surface area contributed by atoms with Gasteiger partial charge in [0.05, 0.1) is 30.3 Å². The van der Waals surface area contributed by atoms with E-state index in [2.05, 4.69) is 21.8 Å². The van der Waals surface area contributed by atoms with Gasteiger partial charge in [0.2, 0.25) is 0 Å². The van der Waals surface area contributed by atoms with Crippen LogP contribution in [0.1, 0.15) is 52.4 Å². The van der Waals surface area contributed by atoms with Crippen LogP contribution in [0.15, 0.2) is 35.9 Å². The van der Waals surface area contributed by atoms with E-state index in [0.29, 0.717) is 31.7 Å². The number of likely N-dealkylation sites (N-methyl/N-ethyl adjacent to an activating group) is 1. The van der Waals surface area contributed by atoms with Crippen molar-refractivity contribution in [1.82, 2.24) is 19.8 Å². The summed E-state index contributed by atoms with van der Waals surface area (Å²) in [5.74, 6) is 0.0319. The number of fused-ring (bicyclic) bond motifs is 1. The minimum absolute atomic E-state index is 0.0243. The summed E-state index contributed by atoms with van der Waals surface area (Å²) in [4.78, 5) is 31.1. The van der Waals surface area contributed by atoms with Crippen LogP contribution in [-0.2, 0) is 27.4 Å². The molecule has 2 aromatic rings. The molecule has 0 bridgehead atoms. The molecular weight excluding hydrogens is 456 g/mol. The van der Waals surface area contributed by atoms with E-state index in [1.165, 1.54) is 0 Å². The summed E-state index contributed by atoms with van der Waals surface area (Å²) >= 11 is 0. The molecule has 8 heteroatoms. The molecular formula is C28H40N4O4. The van der Waals surface area contributed by atoms with Gasteiger partial charge < -0.3 is 24.6 Å². The number of Topliss-reactive ketones (excluding diaryl/α,β-unsaturated/α-hetero) is 1. The van der Waals surface area contributed by atoms with Gasteiger partial charge in [0.25, 0.3) is 0 Å². The predicted octanol–water partition coefficient (Wildman–Crippen LogP) is 3.89. The molecule has 36 heavy (non-hydrogen) atoms. The second-order valence-electron chi connectivity index (χ2n) is 9.91. The van der Waals surface area contributed by atoms with E-state index >= 15 is 0 Å². The smallest absolute Gasteiger partial charge is 0.320 e. The zero-order valence-corrected chi connectivity index (χ0v) is 22.4. The molecule has 0 amide bonds. The number of benzene rings is 1. The topological polar surface area (TPSA) is 96.7 Å². The predicted molar refractivity (Wildman–Crippen MR) is 143 cm³/mol. The zero-order valence-electron chi connectivity index (χ0n) is 22.4. The summed E-state index contributed by atoms with van der Waals surface area (Å²) in [6.45, 7) is 13.0. The maximum Gasteiger partial charge on any atom is 0.320 e. The minimum atomic E-state index is -0.850. The highest BCUT2D eigenvalue weighted by molar-refractivity contribution is 5.97. The summed E-state index contributed by atoms with van der Waals surface area (Å²) in [6, 6.07) is 5.45. The van der Waals surface area contributed by atoms with E-state index in [1.54, 1.807) is 0 Å². The maximum absolute atomic E-state index is 12.3. The van der Waals surface area contributed by atoms with Crippen LogP contribution in [-0.4, -0.2) is 70.2 Å². The van der Waals surface area contributed by atoms with Crippen molar-refractivity contribution in [2.45, 2.75) is 66.3 Å². The van der Waals surface area contributed by atoms with Crippen molar-refractivity contribution in [3.8, 4) is 0 Å². The maximum atomic E-state index is 12.3. The van der Waals surface area contributed by atoms with E-state index in [-0.39, 0.29) is 17.8 Å². The third-order valence-corrected chi connectivity index (χ3v) is 6.70. The molecule has 2 heterocycles. The Hall–Kier alpha value is -2.81. The van der Waals surface area contributed by atoms with Gasteiger partial charge in [-0.25, -0.2) is 4.98 Å². The Morgan fingerprint density at radius 3 is 2.69 bits per heavy atom. The van der Waals surface area contributed by atoms with Gasteiger partial charge >= 0.3 is 5.97 Å². The van der Waals surface area contributed by atoms with Crippen LogP contribution in [0.3, 0.4) is 0 Å². The summed E-state index contributed by atoms with van der Waals surface area (Å²) in [5.41, 5.74) is 4.37. The van der Waals surface area contributed by atoms with Crippen molar-refractivity contribution in [2.24, 2.45) is 5.92 Å². The molecule has 8 nitrogen and oxygen atoms in total. The lowest BCUT2D eigenvalue weighted by Gasteiger charge is -2.30. The molecule has 1 saturated heterocycles. The average Bonchev–Trinajstić information content (AvgIpc) is 3.18. The van der Waals surface area contributed by atoms with Crippen LogP contribution in [0.2, 0.25) is 0 Å². The van der Waals surface area contributed by atoms with Crippen LogP contribution in [0, 0.1) is 5.92 Å². The number of ether oxygens (including phenoxy) is 1. The van der Waals surface area contributed by atoms with Crippen LogP contribution < -0.4 is 5.32 Å². The van der Waals surface area contributed by atoms with Crippen LogP contribution >= 0.6 is 0 Å². The van der Waals surface area contributed by atoms with Gasteiger partial charge in [-0.05, 0) is 56.2 Å². The van der Waals surface area contributed by atoms with Crippen molar-refractivity contribution in [3.05, 3.63) is 47.3 Å². The van der Waals surface area contributed by atoms with Gasteiger partial charge in [-0.15, -0.1) is 0 Å². The van der Waals surface area contributed by atoms with Gasteiger partial charge in [0.15, 0.2) is 5.78 Å². The lowest BCUT2D eigenvalue weighted by atomic mass is 10.0. The van der Waals surface area contributed by atoms with Gasteiger partial charge in [0, 0.05) is 31.6 Å². The molecule has 0 aliphatic carbocycles. The van der Waals surface area contributed by atoms with Gasteiger partial charge in [-0.1, -0.05) is 32.9 Å². The Bertz CT molecular complexity index is 1150. The third kappa shape index (κ3) is 6.69. The average molecular weight is 497 g/mol. The SMILES string of the molecule is C/C=C(\C=C(\C)C(=O)CC)c1nc2cc(CNC(C(=O)O)C(C)C)ccc2n1CC1CN(C)CCO1. The van der Waals surface area contributed by atoms with Crippen molar-refractivity contribution in [1.29, 1.82) is 0 Å². The zero-order chi connectivity index (χ0) is 26.4. The molecule has 2 N–H and O–H groups in total. The molecule has 1 aromatic heterocycles. The lowest BCUT2D eigenvalue weighted by molar-refractivity contribution is -0.140. The summed E-state index contributed by atoms with van der Waals surface area (Å²) in [6.07, 6.45) is 4.40. The molecule has 3 rings (SSSR count). The van der Waals surface area contributed by atoms with Crippen LogP contribution in [0.4, 0.5) is 0 Å². The fourth-order valence-corrected chi connectivity index (χ4v) is 4.58. The van der Waals surface area contributed by atoms with Crippen LogP contribution in [0.25, 0.3) is 16.6 Å². The van der Waals surface area contributed by atoms with Crippen LogP contribution in [0.5, 0.6) is 0 Å². The number of hydrogen-bond acceptors (Lipinski definition) is 6. The Kier molecular flexibility index (Phi) is 9.59. The number of nitrogens with one attached hydrogen (secondary N) is 1. The Morgan fingerprint density at radius 1 is 1.33 bits per heavy atom. The highest BCUT2D eigenvalue weighted by Crippen LogP contribution is 2.26. The Labute approximate surface area is 214 Å². The minimum Gasteiger partial charge on any atom is -0.480 e. The van der Waals surface area contributed by atoms with Crippen molar-refractivity contribution < 1.29 is 19.4 Å². The number of carbonyl (C=O) groups excluding carboxylic acids is 1. The fraction of sp³-hybridized carbons (Fsp3) is 0.536. The first kappa shape index (κ1) is 27.8. The van der Waals surface area contributed by atoms with Gasteiger partial charge in [0.1, 0.15) is 11.9 Å². The normalized spacial score (nSPS) is 18.7. The summed E-state index contributed by atoms with van der Waals surface area (Å²) in [7, 11) is 2.10. The number of imidazole rings is 1. The van der Waals surface area contributed by atoms with Crippen molar-refractivity contribution >= 4 is 28.4 Å². The third-order valence-electron chi connectivity index (χ3n) is 6.70. The molecule has 1 aliphatic rings. The first-order valence-electron chi connectivity index (χ1n) is 12.8. The number of morpholine rings is 1. The highest BCUT2D eigenvalue weighted by Gasteiger charge is 2.23. The van der Waals surface area contributed by atoms with E-state index in [0.717, 1.165) is 41.1 Å². The molecule has 2 atom stereocenters. The molecule has 1 aliphatic heterocycles. The summed E-state index contributed by atoms with van der Waals surface area (Å²) < 4.78 is 8.24. The number of carboxylic acid groups (broad SMARTS) is 1. The number of hydrogen-bond donors (Lipinski definition) is 2. The van der Waals surface area contributed by atoms with E-state index in [4.69, 9.17) is 9.72 Å². The number of ketones is 1. The lowest BCUT2D eigenvalue weighted by Crippen LogP contribution is -2.42. The van der Waals surface area contributed by atoms with Crippen molar-refractivity contribution in [2.75, 3.05) is 26.7 Å². The molecule has 1 fully saturated rings. The molecule has 1 aromatic carbocycles. The molecule has 2 unspecified atom stereocenters. The van der Waals surface area contributed by atoms with E-state index < -0.39 is 12.0 Å². The Balaban J connectivity index is 2.00. The number of allylic oxidation sites excluding steroid dienone is 4. The first-order valence-corrected chi connectivity index (χ1v) is 12.8. The van der Waals surface area contributed by atoms with E-state index in [9.17, 15) is 14.7 Å². The standard InChI is InChI=1S/C28H40N4O4/c1-7-21(13-19(5)25(33)8-2)27-30-23-14-20(15-29-26(18(3)4)28(34)35)9-10-24(23)32(27)17-22-16-31(6)11-12-36-22/h7,9-10,13-14,18,22,26,29H,8,11-12,15-17H2,1-6H3,(H,34,35)/b19-13-,21-7+. The van der Waals surface area contributed by atoms with E-state index in [1.807, 2.05) is 65.0 Å². The van der Waals surface area contributed by atoms with Gasteiger partial charge in [-0.2, -0.15) is 0 Å². The number of carbonyl (C=O) groups is 2. The second kappa shape index (κ2) is 12.4. The molecule has 0 radical (unpaired) electrons. The van der Waals surface area contributed by atoms with Crippen molar-refractivity contribution in [3.63, 3.8) is 0 Å². The number of carboxylic acids is 1. The molecule has 0 spiro atoms. The largest absolute Gasteiger partial charge is 0.480 e. The number of rotatable bonds is 11. The number of aliphatic carboxylic acids is 1. The number of aromatic nitrogens is 2. The first-order chi connectivity index (χ1) is 17.1. The second-order valence-corrected chi connectivity index (χ2v) is 9.91. The van der Waals surface area contributed by atoms with Gasteiger partial charge in [-0.3, -0.25) is 9.59 Å². The highest BCUT2D eigenvalue weighted by atomic mass is 16.5. The Morgan fingerprint density at radius 2 is 2.08 bits per heavy atom. The summed E-state index contributed by atoms with van der Waals surface area (Å²) in [5, 5.41) is 12.6. The quantitative estimate of drug-likeness (QED) is 0.360. The monoisotopic (exact) mass is 496 g/mol. The molecule has 0 saturated carbocycles. The molecule has 196 valence electrons.